The van der Waals surface area contributed by atoms with E-state index in [1.54, 1.807) is 6.20 Å². The lowest BCUT2D eigenvalue weighted by Crippen LogP contribution is -2.11. The molecule has 7 nitrogen and oxygen atoms in total. The van der Waals surface area contributed by atoms with Gasteiger partial charge in [0.25, 0.3) is 11.8 Å². The van der Waals surface area contributed by atoms with Gasteiger partial charge in [0.1, 0.15) is 5.82 Å². The second-order valence-electron chi connectivity index (χ2n) is 5.21. The van der Waals surface area contributed by atoms with Gasteiger partial charge in [0.15, 0.2) is 0 Å². The molecule has 0 radical (unpaired) electrons. The number of amides is 1. The molecule has 1 N–H and O–H groups in total. The number of rotatable bonds is 6. The van der Waals surface area contributed by atoms with Gasteiger partial charge in [0, 0.05) is 30.2 Å². The Morgan fingerprint density at radius 1 is 1.38 bits per heavy atom. The van der Waals surface area contributed by atoms with Crippen LogP contribution in [0.2, 0.25) is 0 Å². The van der Waals surface area contributed by atoms with Crippen LogP contribution >= 0.6 is 0 Å². The monoisotopic (exact) mass is 326 g/mol. The lowest BCUT2D eigenvalue weighted by molar-refractivity contribution is 0.0987. The minimum Gasteiger partial charge on any atom is -0.479 e. The van der Waals surface area contributed by atoms with E-state index in [2.05, 4.69) is 26.9 Å². The van der Waals surface area contributed by atoms with E-state index in [4.69, 9.17) is 9.26 Å². The van der Waals surface area contributed by atoms with Crippen molar-refractivity contribution in [1.82, 2.24) is 14.7 Å². The summed E-state index contributed by atoms with van der Waals surface area (Å²) in [7, 11) is 1.46. The number of hydrogen-bond donors (Lipinski definition) is 1. The number of imidazole rings is 1. The van der Waals surface area contributed by atoms with Crippen LogP contribution in [0.5, 0.6) is 5.88 Å². The average Bonchev–Trinajstić information content (AvgIpc) is 3.24. The van der Waals surface area contributed by atoms with E-state index in [1.165, 1.54) is 13.2 Å². The van der Waals surface area contributed by atoms with Gasteiger partial charge in [-0.2, -0.15) is 0 Å². The number of nitrogens with one attached hydrogen (secondary N) is 1. The van der Waals surface area contributed by atoms with Gasteiger partial charge < -0.3 is 19.1 Å². The molecule has 24 heavy (non-hydrogen) atoms. The first-order valence-corrected chi connectivity index (χ1v) is 7.65. The molecule has 0 aliphatic heterocycles. The van der Waals surface area contributed by atoms with Gasteiger partial charge in [-0.15, -0.1) is 0 Å². The number of carbonyl (C=O) groups is 1. The molecular formula is C17H18N4O3. The first kappa shape index (κ1) is 15.8. The maximum atomic E-state index is 12.2. The highest BCUT2D eigenvalue weighted by Crippen LogP contribution is 2.22. The number of hydrogen-bond acceptors (Lipinski definition) is 5. The maximum Gasteiger partial charge on any atom is 0.294 e. The Bertz CT molecular complexity index is 838. The molecule has 0 fully saturated rings. The second kappa shape index (κ2) is 6.99. The Kier molecular flexibility index (Phi) is 4.60. The van der Waals surface area contributed by atoms with Crippen LogP contribution in [0.25, 0.3) is 11.4 Å². The summed E-state index contributed by atoms with van der Waals surface area (Å²) in [4.78, 5) is 16.6. The van der Waals surface area contributed by atoms with Crippen LogP contribution < -0.4 is 10.1 Å². The fraction of sp³-hybridized carbons (Fsp3) is 0.235. The molecule has 0 spiro atoms. The molecule has 1 aromatic carbocycles. The molecule has 2 aromatic heterocycles. The number of aromatic nitrogens is 3. The summed E-state index contributed by atoms with van der Waals surface area (Å²) in [6.45, 7) is 3.01. The van der Waals surface area contributed by atoms with Crippen LogP contribution in [0.4, 0.5) is 5.69 Å². The molecule has 0 atom stereocenters. The third-order valence-electron chi connectivity index (χ3n) is 3.48. The van der Waals surface area contributed by atoms with Gasteiger partial charge in [0.05, 0.1) is 13.2 Å². The molecule has 0 bridgehead atoms. The van der Waals surface area contributed by atoms with Crippen LogP contribution in [0, 0.1) is 0 Å². The fourth-order valence-corrected chi connectivity index (χ4v) is 2.38. The highest BCUT2D eigenvalue weighted by Gasteiger charge is 2.14. The zero-order chi connectivity index (χ0) is 16.9. The van der Waals surface area contributed by atoms with E-state index in [0.29, 0.717) is 5.69 Å². The van der Waals surface area contributed by atoms with Gasteiger partial charge in [-0.25, -0.2) is 4.98 Å². The van der Waals surface area contributed by atoms with Crippen molar-refractivity contribution in [3.05, 3.63) is 48.5 Å². The zero-order valence-corrected chi connectivity index (χ0v) is 13.5. The van der Waals surface area contributed by atoms with Crippen molar-refractivity contribution < 1.29 is 14.1 Å². The summed E-state index contributed by atoms with van der Waals surface area (Å²) in [5, 5.41) is 6.40. The first-order valence-electron chi connectivity index (χ1n) is 7.65. The largest absolute Gasteiger partial charge is 0.479 e. The summed E-state index contributed by atoms with van der Waals surface area (Å²) >= 11 is 0. The third-order valence-corrected chi connectivity index (χ3v) is 3.48. The molecule has 7 heteroatoms. The molecule has 2 heterocycles. The van der Waals surface area contributed by atoms with Crippen molar-refractivity contribution in [3.63, 3.8) is 0 Å². The number of aryl methyl sites for hydroxylation is 1. The Morgan fingerprint density at radius 2 is 2.25 bits per heavy atom. The Hall–Kier alpha value is -3.09. The van der Waals surface area contributed by atoms with E-state index in [9.17, 15) is 4.79 Å². The van der Waals surface area contributed by atoms with Gasteiger partial charge in [-0.3, -0.25) is 4.79 Å². The standard InChI is InChI=1S/C17H18N4O3/c1-3-8-21-9-7-18-16(21)12-5-4-6-13(10-12)19-17(22)14-11-15(23-2)20-24-14/h4-7,9-11H,3,8H2,1-2H3,(H,19,22). The van der Waals surface area contributed by atoms with Gasteiger partial charge >= 0.3 is 0 Å². The molecular weight excluding hydrogens is 308 g/mol. The van der Waals surface area contributed by atoms with Crippen LogP contribution in [0.3, 0.4) is 0 Å². The number of ether oxygens (including phenoxy) is 1. The molecule has 0 unspecified atom stereocenters. The predicted octanol–water partition coefficient (Wildman–Crippen LogP) is 3.21. The molecule has 0 saturated heterocycles. The average molecular weight is 326 g/mol. The quantitative estimate of drug-likeness (QED) is 0.752. The molecule has 0 saturated carbocycles. The van der Waals surface area contributed by atoms with Crippen LogP contribution in [-0.4, -0.2) is 27.7 Å². The van der Waals surface area contributed by atoms with E-state index < -0.39 is 0 Å². The summed E-state index contributed by atoms with van der Waals surface area (Å²) in [6, 6.07) is 8.95. The summed E-state index contributed by atoms with van der Waals surface area (Å²) in [5.74, 6) is 0.828. The van der Waals surface area contributed by atoms with Crippen molar-refractivity contribution in [2.24, 2.45) is 0 Å². The fourth-order valence-electron chi connectivity index (χ4n) is 2.38. The predicted molar refractivity (Wildman–Crippen MR) is 89.0 cm³/mol. The number of anilines is 1. The molecule has 0 aliphatic rings. The van der Waals surface area contributed by atoms with E-state index in [0.717, 1.165) is 24.4 Å². The maximum absolute atomic E-state index is 12.2. The lowest BCUT2D eigenvalue weighted by atomic mass is 10.2. The highest BCUT2D eigenvalue weighted by molar-refractivity contribution is 6.02. The molecule has 3 aromatic rings. The summed E-state index contributed by atoms with van der Waals surface area (Å²) in [5.41, 5.74) is 1.58. The van der Waals surface area contributed by atoms with Crippen molar-refractivity contribution >= 4 is 11.6 Å². The summed E-state index contributed by atoms with van der Waals surface area (Å²) < 4.78 is 11.9. The van der Waals surface area contributed by atoms with E-state index in [1.807, 2.05) is 30.5 Å². The van der Waals surface area contributed by atoms with Crippen molar-refractivity contribution in [2.45, 2.75) is 19.9 Å². The molecule has 124 valence electrons. The smallest absolute Gasteiger partial charge is 0.294 e. The second-order valence-corrected chi connectivity index (χ2v) is 5.21. The van der Waals surface area contributed by atoms with Gasteiger partial charge in [-0.05, 0) is 23.7 Å². The minimum atomic E-state index is -0.389. The Morgan fingerprint density at radius 3 is 3.00 bits per heavy atom. The van der Waals surface area contributed by atoms with Gasteiger partial charge in [-0.1, -0.05) is 19.1 Å². The third kappa shape index (κ3) is 3.29. The number of carbonyl (C=O) groups excluding carboxylic acids is 1. The van der Waals surface area contributed by atoms with Crippen LogP contribution in [0.1, 0.15) is 23.9 Å². The lowest BCUT2D eigenvalue weighted by Gasteiger charge is -2.08. The van der Waals surface area contributed by atoms with E-state index in [-0.39, 0.29) is 17.5 Å². The van der Waals surface area contributed by atoms with E-state index >= 15 is 0 Å². The number of methoxy groups -OCH3 is 1. The van der Waals surface area contributed by atoms with Crippen molar-refractivity contribution in [1.29, 1.82) is 0 Å². The topological polar surface area (TPSA) is 82.2 Å². The molecule has 3 rings (SSSR count). The molecule has 1 amide bonds. The normalized spacial score (nSPS) is 10.6. The molecule has 0 aliphatic carbocycles. The number of benzene rings is 1. The SMILES string of the molecule is CCCn1ccnc1-c1cccc(NC(=O)c2cc(OC)no2)c1. The Labute approximate surface area is 139 Å². The van der Waals surface area contributed by atoms with Gasteiger partial charge in [0.2, 0.25) is 5.76 Å². The summed E-state index contributed by atoms with van der Waals surface area (Å²) in [6.07, 6.45) is 4.75. The Balaban J connectivity index is 1.80. The first-order chi connectivity index (χ1) is 11.7. The van der Waals surface area contributed by atoms with Crippen molar-refractivity contribution in [2.75, 3.05) is 12.4 Å². The van der Waals surface area contributed by atoms with Crippen LogP contribution in [-0.2, 0) is 6.54 Å². The minimum absolute atomic E-state index is 0.0877. The number of nitrogens with zero attached hydrogens (tertiary/aromatic N) is 3. The highest BCUT2D eigenvalue weighted by atomic mass is 16.5. The zero-order valence-electron chi connectivity index (χ0n) is 13.5. The van der Waals surface area contributed by atoms with Crippen molar-refractivity contribution in [3.8, 4) is 17.3 Å². The van der Waals surface area contributed by atoms with Crippen LogP contribution in [0.15, 0.2) is 47.2 Å².